The largest absolute Gasteiger partial charge is 0.0967 e. The average Bonchev–Trinajstić information content (AvgIpc) is 2.77. The molecule has 6 heteroatoms. The highest BCUT2D eigenvalue weighted by molar-refractivity contribution is 7.97. The number of hydrogen-bond donors (Lipinski definition) is 0. The minimum absolute atomic E-state index is 1.36. The van der Waals surface area contributed by atoms with Crippen molar-refractivity contribution in [2.75, 3.05) is 0 Å². The molecule has 0 fully saturated rings. The maximum atomic E-state index is 2.84. The Balaban J connectivity index is 2.44. The highest BCUT2D eigenvalue weighted by Gasteiger charge is 2.65. The Labute approximate surface area is 216 Å². The molecule has 0 aliphatic rings. The summed E-state index contributed by atoms with van der Waals surface area (Å²) < 4.78 is 0. The van der Waals surface area contributed by atoms with Crippen LogP contribution in [0, 0.1) is 0 Å². The lowest BCUT2D eigenvalue weighted by Crippen LogP contribution is -2.87. The van der Waals surface area contributed by atoms with E-state index in [1.165, 1.54) is 11.1 Å². The van der Waals surface area contributed by atoms with Gasteiger partial charge in [-0.05, 0) is 11.1 Å². The molecule has 0 aromatic heterocycles. The molecule has 0 aliphatic carbocycles. The van der Waals surface area contributed by atoms with E-state index in [9.17, 15) is 0 Å². The van der Waals surface area contributed by atoms with Crippen molar-refractivity contribution in [2.45, 2.75) is 78.6 Å². The van der Waals surface area contributed by atoms with Gasteiger partial charge < -0.3 is 0 Å². The van der Waals surface area contributed by atoms with E-state index in [4.69, 9.17) is 0 Å². The minimum Gasteiger partial charge on any atom is -0.0967 e. The van der Waals surface area contributed by atoms with Gasteiger partial charge in [0, 0.05) is 28.4 Å². The number of hydrogen-bond acceptors (Lipinski definition) is 0. The van der Waals surface area contributed by atoms with Crippen molar-refractivity contribution in [2.24, 2.45) is 0 Å². The Bertz CT molecular complexity index is 916. The second-order valence-electron chi connectivity index (χ2n) is 13.4. The molecule has 2 aromatic rings. The molecule has 0 saturated heterocycles. The smallest absolute Gasteiger partial charge is 0.0620 e. The molecule has 0 radical (unpaired) electrons. The van der Waals surface area contributed by atoms with Crippen LogP contribution in [0.5, 0.6) is 0 Å². The van der Waals surface area contributed by atoms with Crippen molar-refractivity contribution in [3.05, 3.63) is 83.2 Å². The summed E-state index contributed by atoms with van der Waals surface area (Å²) in [4.78, 5) is 0. The lowest BCUT2D eigenvalue weighted by atomic mass is 10.2. The second kappa shape index (κ2) is 10.3. The van der Waals surface area contributed by atoms with Gasteiger partial charge in [0.05, 0.1) is 15.2 Å². The van der Waals surface area contributed by atoms with E-state index in [0.29, 0.717) is 0 Å². The fourth-order valence-corrected chi connectivity index (χ4v) is 152. The topological polar surface area (TPSA) is 0 Å². The summed E-state index contributed by atoms with van der Waals surface area (Å²) in [7, 11) is -8.73. The van der Waals surface area contributed by atoms with Gasteiger partial charge in [0.1, 0.15) is 0 Å². The van der Waals surface area contributed by atoms with Crippen LogP contribution in [0.1, 0.15) is 11.1 Å². The highest BCUT2D eigenvalue weighted by Crippen LogP contribution is 2.42. The van der Waals surface area contributed by atoms with Crippen LogP contribution < -0.4 is 0 Å². The first-order valence-corrected chi connectivity index (χ1v) is 36.0. The third-order valence-electron chi connectivity index (χ3n) is 10.9. The first-order chi connectivity index (χ1) is 15.4. The molecule has 0 unspecified atom stereocenters. The van der Waals surface area contributed by atoms with E-state index in [0.717, 1.165) is 0 Å². The van der Waals surface area contributed by atoms with Crippen LogP contribution in [-0.4, -0.2) is 43.6 Å². The van der Waals surface area contributed by atoms with Crippen LogP contribution in [0.4, 0.5) is 0 Å². The predicted molar refractivity (Wildman–Crippen MR) is 176 cm³/mol. The van der Waals surface area contributed by atoms with Crippen LogP contribution in [0.25, 0.3) is 12.2 Å². The van der Waals surface area contributed by atoms with E-state index in [2.05, 4.69) is 163 Å². The van der Waals surface area contributed by atoms with Gasteiger partial charge >= 0.3 is 0 Å². The number of rotatable bonds is 9. The van der Waals surface area contributed by atoms with E-state index < -0.39 is 43.6 Å². The van der Waals surface area contributed by atoms with Gasteiger partial charge in [-0.25, -0.2) is 0 Å². The fourth-order valence-electron chi connectivity index (χ4n) is 5.33. The standard InChI is InChI=1S/C28H50Si6/c1-29(2,25-23-27-19-15-13-16-20-27)31(5,6)33(9,10)34(11,12)32(7,8)30(3,4)26-24-28-21-17-14-18-22-28/h13-26H,1-12H3/b25-23+,26-24+. The molecule has 0 heterocycles. The Morgan fingerprint density at radius 3 is 0.912 bits per heavy atom. The summed E-state index contributed by atoms with van der Waals surface area (Å²) in [6, 6.07) is 21.9. The zero-order valence-electron chi connectivity index (χ0n) is 24.1. The molecule has 0 saturated carbocycles. The molecular weight excluding hydrogens is 505 g/mol. The van der Waals surface area contributed by atoms with Crippen molar-refractivity contribution in [3.8, 4) is 0 Å². The maximum Gasteiger partial charge on any atom is 0.0620 e. The maximum absolute atomic E-state index is 2.84. The van der Waals surface area contributed by atoms with E-state index in [-0.39, 0.29) is 0 Å². The molecule has 0 spiro atoms. The molecule has 186 valence electrons. The Morgan fingerprint density at radius 2 is 0.647 bits per heavy atom. The quantitative estimate of drug-likeness (QED) is 0.271. The summed E-state index contributed by atoms with van der Waals surface area (Å²) in [5.41, 5.74) is 8.14. The van der Waals surface area contributed by atoms with Crippen LogP contribution in [0.3, 0.4) is 0 Å². The fraction of sp³-hybridized carbons (Fsp3) is 0.429. The molecule has 2 rings (SSSR count). The van der Waals surface area contributed by atoms with E-state index in [1.807, 2.05) is 0 Å². The van der Waals surface area contributed by atoms with Crippen LogP contribution >= 0.6 is 0 Å². The van der Waals surface area contributed by atoms with Gasteiger partial charge in [-0.3, -0.25) is 0 Å². The third kappa shape index (κ3) is 5.47. The highest BCUT2D eigenvalue weighted by atomic mass is 30.0. The first-order valence-electron chi connectivity index (χ1n) is 12.9. The van der Waals surface area contributed by atoms with Crippen LogP contribution in [0.2, 0.25) is 78.6 Å². The third-order valence-corrected chi connectivity index (χ3v) is 129. The molecule has 0 amide bonds. The minimum atomic E-state index is -1.49. The van der Waals surface area contributed by atoms with Gasteiger partial charge in [0.15, 0.2) is 0 Å². The Morgan fingerprint density at radius 1 is 0.382 bits per heavy atom. The predicted octanol–water partition coefficient (Wildman–Crippen LogP) is 9.13. The SMILES string of the molecule is C[Si](C)(/C=C/c1ccccc1)[Si](C)(C)[Si](C)(C)[Si](C)(C)[Si](C)(C)[Si](C)(C)/C=C/c1ccccc1. The van der Waals surface area contributed by atoms with Gasteiger partial charge in [-0.2, -0.15) is 0 Å². The zero-order chi connectivity index (χ0) is 26.1. The van der Waals surface area contributed by atoms with Crippen molar-refractivity contribution in [1.82, 2.24) is 0 Å². The van der Waals surface area contributed by atoms with Gasteiger partial charge in [-0.15, -0.1) is 0 Å². The lowest BCUT2D eigenvalue weighted by Gasteiger charge is -2.61. The van der Waals surface area contributed by atoms with Crippen LogP contribution in [0.15, 0.2) is 72.1 Å². The number of benzene rings is 2. The lowest BCUT2D eigenvalue weighted by molar-refractivity contribution is 1.66. The van der Waals surface area contributed by atoms with Crippen LogP contribution in [-0.2, 0) is 0 Å². The molecule has 0 N–H and O–H groups in total. The van der Waals surface area contributed by atoms with Gasteiger partial charge in [0.25, 0.3) is 0 Å². The van der Waals surface area contributed by atoms with Crippen molar-refractivity contribution in [3.63, 3.8) is 0 Å². The molecule has 34 heavy (non-hydrogen) atoms. The summed E-state index contributed by atoms with van der Waals surface area (Å²) in [5, 5.41) is 0. The monoisotopic (exact) mass is 554 g/mol. The average molecular weight is 555 g/mol. The normalized spacial score (nSPS) is 14.8. The Kier molecular flexibility index (Phi) is 8.92. The molecule has 0 nitrogen and oxygen atoms in total. The van der Waals surface area contributed by atoms with Gasteiger partial charge in [-0.1, -0.05) is 163 Å². The summed E-state index contributed by atoms with van der Waals surface area (Å²) in [5.74, 6) is 0. The van der Waals surface area contributed by atoms with Gasteiger partial charge in [0.2, 0.25) is 0 Å². The van der Waals surface area contributed by atoms with Crippen molar-refractivity contribution in [1.29, 1.82) is 0 Å². The zero-order valence-corrected chi connectivity index (χ0v) is 30.1. The first kappa shape index (κ1) is 29.5. The molecular formula is C28H50Si6. The second-order valence-corrected chi connectivity index (χ2v) is 77.7. The van der Waals surface area contributed by atoms with E-state index >= 15 is 0 Å². The summed E-state index contributed by atoms with van der Waals surface area (Å²) in [6.07, 6.45) is 4.90. The van der Waals surface area contributed by atoms with E-state index in [1.54, 1.807) is 0 Å². The molecule has 0 aliphatic heterocycles. The Hall–Kier alpha value is -0.779. The van der Waals surface area contributed by atoms with Crippen molar-refractivity contribution >= 4 is 55.8 Å². The van der Waals surface area contributed by atoms with Crippen molar-refractivity contribution < 1.29 is 0 Å². The molecule has 2 aromatic carbocycles. The summed E-state index contributed by atoms with van der Waals surface area (Å²) in [6.45, 7) is 33.3. The molecule has 0 bridgehead atoms. The molecule has 0 atom stereocenters. The summed E-state index contributed by atoms with van der Waals surface area (Å²) >= 11 is 0.